The quantitative estimate of drug-likeness (QED) is 0.302. The van der Waals surface area contributed by atoms with Gasteiger partial charge in [0, 0.05) is 88.1 Å². The Labute approximate surface area is 346 Å². The molecular weight excluding hydrogens is 671 g/mol. The van der Waals surface area contributed by atoms with Crippen LogP contribution in [0.4, 0.5) is 0 Å². The molecule has 4 bridgehead atoms. The first kappa shape index (κ1) is 52.0. The third kappa shape index (κ3) is 17.0. The van der Waals surface area contributed by atoms with Crippen LogP contribution in [0, 0.1) is 11.8 Å². The largest absolute Gasteiger partial charge is 0.298 e. The summed E-state index contributed by atoms with van der Waals surface area (Å²) < 4.78 is 0. The fraction of sp³-hybridized carbons (Fsp3) is 0.880. The second-order valence-electron chi connectivity index (χ2n) is 17.5. The lowest BCUT2D eigenvalue weighted by atomic mass is 9.83. The van der Waals surface area contributed by atoms with Gasteiger partial charge in [-0.2, -0.15) is 0 Å². The van der Waals surface area contributed by atoms with Gasteiger partial charge in [-0.1, -0.05) is 92.5 Å². The van der Waals surface area contributed by atoms with Crippen molar-refractivity contribution in [1.82, 2.24) is 24.5 Å². The lowest BCUT2D eigenvalue weighted by Gasteiger charge is -2.44. The summed E-state index contributed by atoms with van der Waals surface area (Å²) in [5, 5.41) is 0. The highest BCUT2D eigenvalue weighted by molar-refractivity contribution is 5.29. The highest BCUT2D eigenvalue weighted by Crippen LogP contribution is 2.41. The molecule has 3 unspecified atom stereocenters. The van der Waals surface area contributed by atoms with E-state index < -0.39 is 0 Å². The first-order chi connectivity index (χ1) is 26.6. The van der Waals surface area contributed by atoms with E-state index in [4.69, 9.17) is 0 Å². The molecule has 1 aromatic rings. The number of hydrogen-bond acceptors (Lipinski definition) is 5. The third-order valence-electron chi connectivity index (χ3n) is 13.0. The minimum absolute atomic E-state index is 0.674. The molecule has 6 saturated heterocycles. The number of piperidine rings is 1. The van der Waals surface area contributed by atoms with Gasteiger partial charge in [0.05, 0.1) is 0 Å². The van der Waals surface area contributed by atoms with E-state index in [9.17, 15) is 0 Å². The highest BCUT2D eigenvalue weighted by Gasteiger charge is 2.43. The van der Waals surface area contributed by atoms with E-state index in [1.54, 1.807) is 5.56 Å². The maximum atomic E-state index is 2.76. The molecule has 10 rings (SSSR count). The number of rotatable bonds is 4. The van der Waals surface area contributed by atoms with Crippen molar-refractivity contribution in [2.75, 3.05) is 45.8 Å². The molecule has 0 N–H and O–H groups in total. The van der Waals surface area contributed by atoms with E-state index in [0.717, 1.165) is 54.6 Å². The molecular formula is C50H99N5. The normalized spacial score (nSPS) is 27.1. The molecule has 2 aliphatic carbocycles. The number of fused-ring (bicyclic) bond motifs is 8. The van der Waals surface area contributed by atoms with Crippen LogP contribution in [-0.4, -0.2) is 113 Å². The van der Waals surface area contributed by atoms with Crippen molar-refractivity contribution >= 4 is 0 Å². The van der Waals surface area contributed by atoms with E-state index in [2.05, 4.69) is 104 Å². The van der Waals surface area contributed by atoms with Crippen LogP contribution in [-0.2, 0) is 13.0 Å². The van der Waals surface area contributed by atoms with Crippen LogP contribution in [0.1, 0.15) is 186 Å². The van der Waals surface area contributed by atoms with Gasteiger partial charge in [0.15, 0.2) is 0 Å². The zero-order chi connectivity index (χ0) is 41.5. The van der Waals surface area contributed by atoms with Crippen LogP contribution >= 0.6 is 0 Å². The SMILES string of the molecule is CC.CC.CC.CC.CC(C)N1CC2CC1C2.CC(C)N1CC2CCCCC1CC2.CC(C)N1CCN2CCCC2C1.CC(C)N1CCc2ccccc2C1. The molecule has 0 amide bonds. The standard InChI is InChI=1S/C12H17N.C12H23N.C10H20N2.C8H15N.4C2H6/c1-10(2)13-8-7-11-5-3-4-6-12(11)9-13;1-10(2)13-9-11-5-3-4-6-12(13)8-7-11;1-9(2)12-7-6-11-5-3-4-10(11)8-12;1-6(2)9-5-7-3-8(9)4-7;4*1-2/h3-6,10H,7-9H2,1-2H3;10-12H,3-9H2,1-2H3;9-10H,3-8H2,1-2H3;6-8H,3-5H2,1-2H3;4*1-2H3. The predicted octanol–water partition coefficient (Wildman–Crippen LogP) is 12.3. The number of hydrogen-bond donors (Lipinski definition) is 0. The predicted molar refractivity (Wildman–Crippen MR) is 248 cm³/mol. The number of benzene rings is 1. The Kier molecular flexibility index (Phi) is 27.7. The Bertz CT molecular complexity index is 1040. The van der Waals surface area contributed by atoms with E-state index in [1.165, 1.54) is 122 Å². The van der Waals surface area contributed by atoms with E-state index in [0.29, 0.717) is 6.04 Å². The lowest BCUT2D eigenvalue weighted by Crippen LogP contribution is -2.52. The van der Waals surface area contributed by atoms with Gasteiger partial charge in [-0.25, -0.2) is 0 Å². The van der Waals surface area contributed by atoms with Gasteiger partial charge in [-0.05, 0) is 143 Å². The topological polar surface area (TPSA) is 16.2 Å². The summed E-state index contributed by atoms with van der Waals surface area (Å²) >= 11 is 0. The summed E-state index contributed by atoms with van der Waals surface area (Å²) in [5.74, 6) is 2.11. The highest BCUT2D eigenvalue weighted by atomic mass is 15.3. The second kappa shape index (κ2) is 29.3. The number of piperazine rings is 1. The van der Waals surface area contributed by atoms with Crippen molar-refractivity contribution in [3.8, 4) is 0 Å². The van der Waals surface area contributed by atoms with Crippen molar-refractivity contribution in [2.45, 2.75) is 230 Å². The van der Waals surface area contributed by atoms with Crippen molar-refractivity contribution in [2.24, 2.45) is 11.8 Å². The summed E-state index contributed by atoms with van der Waals surface area (Å²) in [6.07, 6.45) is 16.0. The van der Waals surface area contributed by atoms with Crippen LogP contribution in [0.15, 0.2) is 24.3 Å². The van der Waals surface area contributed by atoms with Crippen molar-refractivity contribution in [3.63, 3.8) is 0 Å². The Hall–Kier alpha value is -0.980. The molecule has 5 heteroatoms. The van der Waals surface area contributed by atoms with Crippen LogP contribution in [0.3, 0.4) is 0 Å². The summed E-state index contributed by atoms with van der Waals surface area (Å²) in [6.45, 7) is 44.9. The minimum Gasteiger partial charge on any atom is -0.298 e. The molecule has 1 aromatic carbocycles. The Morgan fingerprint density at radius 3 is 1.55 bits per heavy atom. The molecule has 2 saturated carbocycles. The summed E-state index contributed by atoms with van der Waals surface area (Å²) in [4.78, 5) is 13.2. The second-order valence-corrected chi connectivity index (χ2v) is 17.5. The Balaban J connectivity index is 0.000000347. The van der Waals surface area contributed by atoms with Gasteiger partial charge < -0.3 is 0 Å². The molecule has 0 radical (unpaired) electrons. The van der Waals surface area contributed by atoms with Crippen LogP contribution in [0.5, 0.6) is 0 Å². The molecule has 7 aliphatic heterocycles. The summed E-state index contributed by atoms with van der Waals surface area (Å²) in [7, 11) is 0. The van der Waals surface area contributed by atoms with Crippen LogP contribution < -0.4 is 0 Å². The Morgan fingerprint density at radius 2 is 1.00 bits per heavy atom. The van der Waals surface area contributed by atoms with Gasteiger partial charge in [-0.15, -0.1) is 0 Å². The van der Waals surface area contributed by atoms with Gasteiger partial charge in [0.2, 0.25) is 0 Å². The van der Waals surface area contributed by atoms with Crippen LogP contribution in [0.2, 0.25) is 0 Å². The maximum Gasteiger partial charge on any atom is 0.0239 e. The zero-order valence-corrected chi connectivity index (χ0v) is 40.2. The minimum atomic E-state index is 0.674. The molecule has 5 nitrogen and oxygen atoms in total. The molecule has 8 fully saturated rings. The molecule has 324 valence electrons. The van der Waals surface area contributed by atoms with Gasteiger partial charge in [0.25, 0.3) is 0 Å². The molecule has 3 atom stereocenters. The summed E-state index contributed by atoms with van der Waals surface area (Å²) in [6, 6.07) is 14.6. The van der Waals surface area contributed by atoms with E-state index in [-0.39, 0.29) is 0 Å². The molecule has 9 aliphatic rings. The summed E-state index contributed by atoms with van der Waals surface area (Å²) in [5.41, 5.74) is 3.06. The molecule has 55 heavy (non-hydrogen) atoms. The van der Waals surface area contributed by atoms with Gasteiger partial charge >= 0.3 is 0 Å². The average Bonchev–Trinajstić information content (AvgIpc) is 3.96. The Morgan fingerprint density at radius 1 is 0.455 bits per heavy atom. The molecule has 0 aromatic heterocycles. The molecule has 0 spiro atoms. The smallest absolute Gasteiger partial charge is 0.0239 e. The fourth-order valence-corrected chi connectivity index (χ4v) is 9.77. The van der Waals surface area contributed by atoms with E-state index >= 15 is 0 Å². The van der Waals surface area contributed by atoms with E-state index in [1.807, 2.05) is 55.4 Å². The lowest BCUT2D eigenvalue weighted by molar-refractivity contribution is 0.0542. The monoisotopic (exact) mass is 770 g/mol. The van der Waals surface area contributed by atoms with Crippen molar-refractivity contribution in [3.05, 3.63) is 35.4 Å². The first-order valence-electron chi connectivity index (χ1n) is 24.4. The fourth-order valence-electron chi connectivity index (χ4n) is 9.77. The van der Waals surface area contributed by atoms with Crippen LogP contribution in [0.25, 0.3) is 0 Å². The maximum absolute atomic E-state index is 2.76. The molecule has 7 heterocycles. The zero-order valence-electron chi connectivity index (χ0n) is 40.2. The van der Waals surface area contributed by atoms with Gasteiger partial charge in [0.1, 0.15) is 0 Å². The van der Waals surface area contributed by atoms with Gasteiger partial charge in [-0.3, -0.25) is 24.5 Å². The number of nitrogens with zero attached hydrogens (tertiary/aromatic N) is 5. The van der Waals surface area contributed by atoms with Crippen molar-refractivity contribution < 1.29 is 0 Å². The first-order valence-corrected chi connectivity index (χ1v) is 24.4. The van der Waals surface area contributed by atoms with Crippen molar-refractivity contribution in [1.29, 1.82) is 0 Å². The third-order valence-corrected chi connectivity index (χ3v) is 13.0. The average molecular weight is 770 g/mol.